The van der Waals surface area contributed by atoms with Crippen LogP contribution >= 0.6 is 23.2 Å². The van der Waals surface area contributed by atoms with E-state index in [9.17, 15) is 9.59 Å². The number of nitrogens with one attached hydrogen (secondary N) is 1. The molecule has 0 aliphatic heterocycles. The van der Waals surface area contributed by atoms with Gasteiger partial charge in [-0.25, -0.2) is 0 Å². The summed E-state index contributed by atoms with van der Waals surface area (Å²) >= 11 is 11.7. The lowest BCUT2D eigenvalue weighted by atomic mass is 10.3. The summed E-state index contributed by atoms with van der Waals surface area (Å²) in [5.41, 5.74) is 0.398. The molecule has 0 heterocycles. The van der Waals surface area contributed by atoms with Crippen LogP contribution < -0.4 is 5.32 Å². The molecule has 6 heteroatoms. The molecular formula is C13H13Cl2NO3. The van der Waals surface area contributed by atoms with E-state index in [1.54, 1.807) is 12.1 Å². The smallest absolute Gasteiger partial charge is 0.309 e. The van der Waals surface area contributed by atoms with E-state index in [2.05, 4.69) is 5.32 Å². The standard InChI is InChI=1S/C13H13Cl2NO3/c1-7-4-9(7)13(18)19-6-12(17)16-11-5-8(14)2-3-10(11)15/h2-3,5,7,9H,4,6H2,1H3,(H,16,17)/t7-,9+/m0/s1. The van der Waals surface area contributed by atoms with Gasteiger partial charge in [0.25, 0.3) is 5.91 Å². The number of carbonyl (C=O) groups is 2. The summed E-state index contributed by atoms with van der Waals surface area (Å²) in [6, 6.07) is 4.73. The second kappa shape index (κ2) is 5.80. The van der Waals surface area contributed by atoms with Crippen molar-refractivity contribution in [1.29, 1.82) is 0 Å². The predicted octanol–water partition coefficient (Wildman–Crippen LogP) is 3.13. The number of anilines is 1. The summed E-state index contributed by atoms with van der Waals surface area (Å²) in [6.45, 7) is 1.66. The largest absolute Gasteiger partial charge is 0.455 e. The summed E-state index contributed by atoms with van der Waals surface area (Å²) < 4.78 is 4.91. The van der Waals surface area contributed by atoms with Gasteiger partial charge in [0, 0.05) is 5.02 Å². The number of ether oxygens (including phenoxy) is 1. The molecule has 102 valence electrons. The number of carbonyl (C=O) groups excluding carboxylic acids is 2. The van der Waals surface area contributed by atoms with Crippen molar-refractivity contribution in [3.63, 3.8) is 0 Å². The molecule has 0 aromatic heterocycles. The summed E-state index contributed by atoms with van der Waals surface area (Å²) in [5.74, 6) is -0.453. The Balaban J connectivity index is 1.84. The zero-order valence-electron chi connectivity index (χ0n) is 10.3. The van der Waals surface area contributed by atoms with E-state index >= 15 is 0 Å². The maximum absolute atomic E-state index is 11.6. The minimum atomic E-state index is -0.439. The van der Waals surface area contributed by atoms with Crippen molar-refractivity contribution in [3.05, 3.63) is 28.2 Å². The Morgan fingerprint density at radius 2 is 2.11 bits per heavy atom. The Morgan fingerprint density at radius 3 is 2.74 bits per heavy atom. The van der Waals surface area contributed by atoms with Crippen molar-refractivity contribution >= 4 is 40.8 Å². The Labute approximate surface area is 121 Å². The normalized spacial score (nSPS) is 20.8. The Bertz CT molecular complexity index is 519. The summed E-state index contributed by atoms with van der Waals surface area (Å²) in [5, 5.41) is 3.38. The van der Waals surface area contributed by atoms with Crippen LogP contribution in [0.1, 0.15) is 13.3 Å². The highest BCUT2D eigenvalue weighted by Crippen LogP contribution is 2.38. The van der Waals surface area contributed by atoms with E-state index in [1.165, 1.54) is 6.07 Å². The van der Waals surface area contributed by atoms with Crippen molar-refractivity contribution in [2.24, 2.45) is 11.8 Å². The Morgan fingerprint density at radius 1 is 1.42 bits per heavy atom. The monoisotopic (exact) mass is 301 g/mol. The van der Waals surface area contributed by atoms with Gasteiger partial charge < -0.3 is 10.1 Å². The van der Waals surface area contributed by atoms with Crippen LogP contribution in [-0.2, 0) is 14.3 Å². The molecule has 0 bridgehead atoms. The van der Waals surface area contributed by atoms with Crippen molar-refractivity contribution < 1.29 is 14.3 Å². The molecule has 19 heavy (non-hydrogen) atoms. The fourth-order valence-electron chi connectivity index (χ4n) is 1.67. The molecular weight excluding hydrogens is 289 g/mol. The summed E-state index contributed by atoms with van der Waals surface area (Å²) in [4.78, 5) is 23.1. The first-order chi connectivity index (χ1) is 8.97. The van der Waals surface area contributed by atoms with Crippen LogP contribution in [0.2, 0.25) is 10.0 Å². The Hall–Kier alpha value is -1.26. The molecule has 1 N–H and O–H groups in total. The molecule has 4 nitrogen and oxygen atoms in total. The molecule has 0 saturated heterocycles. The van der Waals surface area contributed by atoms with E-state index in [4.69, 9.17) is 27.9 Å². The maximum Gasteiger partial charge on any atom is 0.309 e. The minimum Gasteiger partial charge on any atom is -0.455 e. The van der Waals surface area contributed by atoms with E-state index in [1.807, 2.05) is 6.92 Å². The van der Waals surface area contributed by atoms with Gasteiger partial charge in [-0.1, -0.05) is 30.1 Å². The highest BCUT2D eigenvalue weighted by atomic mass is 35.5. The molecule has 1 saturated carbocycles. The molecule has 1 amide bonds. The fourth-order valence-corrected chi connectivity index (χ4v) is 2.01. The van der Waals surface area contributed by atoms with Crippen LogP contribution in [0.3, 0.4) is 0 Å². The Kier molecular flexibility index (Phi) is 4.32. The quantitative estimate of drug-likeness (QED) is 0.869. The second-order valence-corrected chi connectivity index (χ2v) is 5.44. The lowest BCUT2D eigenvalue weighted by Gasteiger charge is -2.08. The van der Waals surface area contributed by atoms with Crippen molar-refractivity contribution in [2.45, 2.75) is 13.3 Å². The van der Waals surface area contributed by atoms with E-state index in [0.717, 1.165) is 6.42 Å². The molecule has 1 aromatic rings. The van der Waals surface area contributed by atoms with Gasteiger partial charge in [0.15, 0.2) is 6.61 Å². The molecule has 1 aliphatic rings. The van der Waals surface area contributed by atoms with Gasteiger partial charge in [-0.2, -0.15) is 0 Å². The second-order valence-electron chi connectivity index (χ2n) is 4.60. The first-order valence-electron chi connectivity index (χ1n) is 5.89. The van der Waals surface area contributed by atoms with Crippen molar-refractivity contribution in [1.82, 2.24) is 0 Å². The van der Waals surface area contributed by atoms with Crippen LogP contribution in [0.15, 0.2) is 18.2 Å². The number of halogens is 2. The minimum absolute atomic E-state index is 0.0532. The lowest BCUT2D eigenvalue weighted by Crippen LogP contribution is -2.21. The van der Waals surface area contributed by atoms with Gasteiger partial charge in [0.05, 0.1) is 16.6 Å². The maximum atomic E-state index is 11.6. The number of amides is 1. The number of rotatable bonds is 4. The molecule has 2 atom stereocenters. The average molecular weight is 302 g/mol. The van der Waals surface area contributed by atoms with E-state index < -0.39 is 5.91 Å². The molecule has 1 aromatic carbocycles. The zero-order chi connectivity index (χ0) is 14.0. The van der Waals surface area contributed by atoms with Crippen LogP contribution in [0.4, 0.5) is 5.69 Å². The molecule has 0 spiro atoms. The molecule has 2 rings (SSSR count). The fraction of sp³-hybridized carbons (Fsp3) is 0.385. The zero-order valence-corrected chi connectivity index (χ0v) is 11.8. The van der Waals surface area contributed by atoms with Gasteiger partial charge in [0.2, 0.25) is 0 Å². The van der Waals surface area contributed by atoms with Gasteiger partial charge in [-0.3, -0.25) is 9.59 Å². The third-order valence-electron chi connectivity index (χ3n) is 2.96. The van der Waals surface area contributed by atoms with Crippen LogP contribution in [-0.4, -0.2) is 18.5 Å². The van der Waals surface area contributed by atoms with Crippen LogP contribution in [0.25, 0.3) is 0 Å². The molecule has 0 unspecified atom stereocenters. The van der Waals surface area contributed by atoms with E-state index in [-0.39, 0.29) is 18.5 Å². The topological polar surface area (TPSA) is 55.4 Å². The van der Waals surface area contributed by atoms with Crippen molar-refractivity contribution in [3.8, 4) is 0 Å². The highest BCUT2D eigenvalue weighted by molar-refractivity contribution is 6.35. The number of hydrogen-bond acceptors (Lipinski definition) is 3. The van der Waals surface area contributed by atoms with Gasteiger partial charge >= 0.3 is 5.97 Å². The third kappa shape index (κ3) is 3.85. The average Bonchev–Trinajstić information content (AvgIpc) is 3.08. The first kappa shape index (κ1) is 14.2. The summed E-state index contributed by atoms with van der Waals surface area (Å²) in [6.07, 6.45) is 0.834. The van der Waals surface area contributed by atoms with Crippen molar-refractivity contribution in [2.75, 3.05) is 11.9 Å². The van der Waals surface area contributed by atoms with Gasteiger partial charge in [-0.05, 0) is 30.5 Å². The molecule has 1 fully saturated rings. The molecule has 1 aliphatic carbocycles. The van der Waals surface area contributed by atoms with E-state index in [0.29, 0.717) is 21.7 Å². The van der Waals surface area contributed by atoms with Crippen LogP contribution in [0.5, 0.6) is 0 Å². The number of benzene rings is 1. The SMILES string of the molecule is C[C@H]1C[C@H]1C(=O)OCC(=O)Nc1cc(Cl)ccc1Cl. The van der Waals surface area contributed by atoms with Gasteiger partial charge in [0.1, 0.15) is 0 Å². The van der Waals surface area contributed by atoms with Gasteiger partial charge in [-0.15, -0.1) is 0 Å². The summed E-state index contributed by atoms with van der Waals surface area (Å²) in [7, 11) is 0. The van der Waals surface area contributed by atoms with Crippen LogP contribution in [0, 0.1) is 11.8 Å². The molecule has 0 radical (unpaired) electrons. The highest BCUT2D eigenvalue weighted by Gasteiger charge is 2.40. The first-order valence-corrected chi connectivity index (χ1v) is 6.64. The third-order valence-corrected chi connectivity index (χ3v) is 3.52. The lowest BCUT2D eigenvalue weighted by molar-refractivity contribution is -0.148. The number of hydrogen-bond donors (Lipinski definition) is 1. The number of esters is 1. The predicted molar refractivity (Wildman–Crippen MR) is 73.3 cm³/mol.